The first-order valence-corrected chi connectivity index (χ1v) is 6.71. The molecule has 0 radical (unpaired) electrons. The van der Waals surface area contributed by atoms with Gasteiger partial charge in [-0.15, -0.1) is 0 Å². The van der Waals surface area contributed by atoms with Crippen molar-refractivity contribution in [1.82, 2.24) is 0 Å². The number of carbonyl (C=O) groups is 3. The molecule has 19 heavy (non-hydrogen) atoms. The lowest BCUT2D eigenvalue weighted by atomic mass is 9.67. The Morgan fingerprint density at radius 2 is 2.11 bits per heavy atom. The van der Waals surface area contributed by atoms with E-state index in [1.807, 2.05) is 6.92 Å². The lowest BCUT2D eigenvalue weighted by molar-refractivity contribution is -0.135. The van der Waals surface area contributed by atoms with Gasteiger partial charge >= 0.3 is 5.97 Å². The van der Waals surface area contributed by atoms with Crippen molar-refractivity contribution in [3.63, 3.8) is 0 Å². The van der Waals surface area contributed by atoms with Crippen LogP contribution in [-0.4, -0.2) is 22.6 Å². The van der Waals surface area contributed by atoms with Gasteiger partial charge in [-0.25, -0.2) is 4.79 Å². The fourth-order valence-electron chi connectivity index (χ4n) is 2.67. The number of carbonyl (C=O) groups excluding carboxylic acids is 2. The van der Waals surface area contributed by atoms with Crippen LogP contribution in [0.15, 0.2) is 12.2 Å². The van der Waals surface area contributed by atoms with Crippen LogP contribution in [0.5, 0.6) is 0 Å². The van der Waals surface area contributed by atoms with E-state index in [1.54, 1.807) is 6.92 Å². The minimum Gasteiger partial charge on any atom is -0.478 e. The van der Waals surface area contributed by atoms with Crippen LogP contribution in [0.25, 0.3) is 0 Å². The molecule has 0 amide bonds. The molecule has 0 aromatic rings. The first-order valence-electron chi connectivity index (χ1n) is 6.71. The molecule has 1 fully saturated rings. The maximum atomic E-state index is 12.2. The third-order valence-corrected chi connectivity index (χ3v) is 4.17. The van der Waals surface area contributed by atoms with Crippen LogP contribution >= 0.6 is 0 Å². The second kappa shape index (κ2) is 6.13. The Morgan fingerprint density at radius 3 is 2.58 bits per heavy atom. The summed E-state index contributed by atoms with van der Waals surface area (Å²) >= 11 is 0. The van der Waals surface area contributed by atoms with E-state index in [1.165, 1.54) is 0 Å². The van der Waals surface area contributed by atoms with Gasteiger partial charge in [-0.1, -0.05) is 13.5 Å². The monoisotopic (exact) mass is 266 g/mol. The largest absolute Gasteiger partial charge is 0.478 e. The number of hydrogen-bond donors (Lipinski definition) is 1. The fraction of sp³-hybridized carbons (Fsp3) is 0.667. The van der Waals surface area contributed by atoms with Crippen molar-refractivity contribution in [2.45, 2.75) is 52.4 Å². The Labute approximate surface area is 113 Å². The zero-order valence-electron chi connectivity index (χ0n) is 11.7. The van der Waals surface area contributed by atoms with Gasteiger partial charge in [0.25, 0.3) is 0 Å². The maximum Gasteiger partial charge on any atom is 0.331 e. The Hall–Kier alpha value is -1.45. The van der Waals surface area contributed by atoms with E-state index < -0.39 is 11.4 Å². The van der Waals surface area contributed by atoms with Crippen molar-refractivity contribution in [1.29, 1.82) is 0 Å². The smallest absolute Gasteiger partial charge is 0.331 e. The van der Waals surface area contributed by atoms with Crippen molar-refractivity contribution in [3.05, 3.63) is 12.2 Å². The van der Waals surface area contributed by atoms with Gasteiger partial charge in [-0.2, -0.15) is 0 Å². The molecule has 1 saturated carbocycles. The zero-order valence-corrected chi connectivity index (χ0v) is 11.7. The normalized spacial score (nSPS) is 27.1. The van der Waals surface area contributed by atoms with E-state index in [0.717, 1.165) is 6.42 Å². The SMILES string of the molecule is C=C(C(=O)O)[C@@H]1CC[C@@](C)(CCCC(C)=O)C(=O)C1. The lowest BCUT2D eigenvalue weighted by Crippen LogP contribution is -2.36. The van der Waals surface area contributed by atoms with Crippen LogP contribution in [0, 0.1) is 11.3 Å². The Kier molecular flexibility index (Phi) is 5.04. The summed E-state index contributed by atoms with van der Waals surface area (Å²) in [5, 5.41) is 8.90. The molecule has 1 aliphatic carbocycles. The molecule has 0 bridgehead atoms. The number of ketones is 2. The Bertz CT molecular complexity index is 410. The van der Waals surface area contributed by atoms with Gasteiger partial charge in [0, 0.05) is 23.8 Å². The predicted octanol–water partition coefficient (Wildman–Crippen LogP) is 2.76. The number of Topliss-reactive ketones (excluding diaryl/α,β-unsaturated/α-hetero) is 2. The molecule has 0 aromatic carbocycles. The van der Waals surface area contributed by atoms with Crippen LogP contribution in [0.3, 0.4) is 0 Å². The predicted molar refractivity (Wildman–Crippen MR) is 71.8 cm³/mol. The molecule has 0 saturated heterocycles. The quantitative estimate of drug-likeness (QED) is 0.750. The van der Waals surface area contributed by atoms with Gasteiger partial charge in [0.2, 0.25) is 0 Å². The number of aliphatic carboxylic acids is 1. The molecule has 0 heterocycles. The molecule has 2 atom stereocenters. The van der Waals surface area contributed by atoms with Gasteiger partial charge in [0.05, 0.1) is 0 Å². The van der Waals surface area contributed by atoms with Crippen molar-refractivity contribution < 1.29 is 19.5 Å². The second-order valence-corrected chi connectivity index (χ2v) is 5.81. The van der Waals surface area contributed by atoms with Crippen LogP contribution in [0.1, 0.15) is 52.4 Å². The molecule has 0 spiro atoms. The van der Waals surface area contributed by atoms with E-state index in [2.05, 4.69) is 6.58 Å². The van der Waals surface area contributed by atoms with Gasteiger partial charge in [-0.3, -0.25) is 4.79 Å². The van der Waals surface area contributed by atoms with E-state index in [0.29, 0.717) is 25.7 Å². The summed E-state index contributed by atoms with van der Waals surface area (Å²) in [6.07, 6.45) is 3.57. The molecule has 0 aliphatic heterocycles. The van der Waals surface area contributed by atoms with Crippen LogP contribution < -0.4 is 0 Å². The first kappa shape index (κ1) is 15.6. The summed E-state index contributed by atoms with van der Waals surface area (Å²) in [4.78, 5) is 34.0. The summed E-state index contributed by atoms with van der Waals surface area (Å²) in [6, 6.07) is 0. The average Bonchev–Trinajstić information content (AvgIpc) is 2.31. The van der Waals surface area contributed by atoms with E-state index in [-0.39, 0.29) is 29.5 Å². The Morgan fingerprint density at radius 1 is 1.47 bits per heavy atom. The fourth-order valence-corrected chi connectivity index (χ4v) is 2.67. The minimum atomic E-state index is -1.02. The highest BCUT2D eigenvalue weighted by Gasteiger charge is 2.39. The summed E-state index contributed by atoms with van der Waals surface area (Å²) in [6.45, 7) is 7.03. The van der Waals surface area contributed by atoms with Crippen LogP contribution in [0.2, 0.25) is 0 Å². The average molecular weight is 266 g/mol. The number of hydrogen-bond acceptors (Lipinski definition) is 3. The minimum absolute atomic E-state index is 0.106. The maximum absolute atomic E-state index is 12.2. The molecule has 106 valence electrons. The second-order valence-electron chi connectivity index (χ2n) is 5.81. The van der Waals surface area contributed by atoms with Crippen LogP contribution in [0.4, 0.5) is 0 Å². The first-order chi connectivity index (χ1) is 8.76. The highest BCUT2D eigenvalue weighted by molar-refractivity contribution is 5.90. The van der Waals surface area contributed by atoms with Crippen molar-refractivity contribution in [2.24, 2.45) is 11.3 Å². The van der Waals surface area contributed by atoms with Gasteiger partial charge in [0.15, 0.2) is 0 Å². The molecule has 1 aliphatic rings. The highest BCUT2D eigenvalue weighted by atomic mass is 16.4. The van der Waals surface area contributed by atoms with Crippen molar-refractivity contribution >= 4 is 17.5 Å². The standard InChI is InChI=1S/C15H22O4/c1-10(16)5-4-7-15(3)8-6-12(9-13(15)17)11(2)14(18)19/h12H,2,4-9H2,1,3H3,(H,18,19)/t12-,15-/m1/s1. The molecule has 0 unspecified atom stereocenters. The van der Waals surface area contributed by atoms with E-state index in [9.17, 15) is 14.4 Å². The molecule has 4 nitrogen and oxygen atoms in total. The van der Waals surface area contributed by atoms with E-state index >= 15 is 0 Å². The highest BCUT2D eigenvalue weighted by Crippen LogP contribution is 2.41. The summed E-state index contributed by atoms with van der Waals surface area (Å²) in [7, 11) is 0. The number of carboxylic acids is 1. The third kappa shape index (κ3) is 4.01. The summed E-state index contributed by atoms with van der Waals surface area (Å²) < 4.78 is 0. The van der Waals surface area contributed by atoms with Gasteiger partial charge in [-0.05, 0) is 38.5 Å². The van der Waals surface area contributed by atoms with Gasteiger partial charge < -0.3 is 9.90 Å². The van der Waals surface area contributed by atoms with Crippen molar-refractivity contribution in [3.8, 4) is 0 Å². The lowest BCUT2D eigenvalue weighted by Gasteiger charge is -2.36. The molecule has 4 heteroatoms. The van der Waals surface area contributed by atoms with Crippen LogP contribution in [-0.2, 0) is 14.4 Å². The summed E-state index contributed by atoms with van der Waals surface area (Å²) in [5.74, 6) is -0.998. The molecular formula is C15H22O4. The zero-order chi connectivity index (χ0) is 14.6. The summed E-state index contributed by atoms with van der Waals surface area (Å²) in [5.41, 5.74) is -0.260. The molecule has 1 N–H and O–H groups in total. The van der Waals surface area contributed by atoms with Crippen molar-refractivity contribution in [2.75, 3.05) is 0 Å². The number of carboxylic acid groups (broad SMARTS) is 1. The van der Waals surface area contributed by atoms with Gasteiger partial charge in [0.1, 0.15) is 11.6 Å². The number of rotatable bonds is 6. The molecule has 1 rings (SSSR count). The Balaban J connectivity index is 2.58. The topological polar surface area (TPSA) is 71.4 Å². The third-order valence-electron chi connectivity index (χ3n) is 4.17. The molecule has 0 aromatic heterocycles. The molecular weight excluding hydrogens is 244 g/mol. The van der Waals surface area contributed by atoms with E-state index in [4.69, 9.17) is 5.11 Å².